The van der Waals surface area contributed by atoms with E-state index in [4.69, 9.17) is 43.9 Å². The van der Waals surface area contributed by atoms with Crippen LogP contribution in [0.15, 0.2) is 127 Å². The molecular formula is C64H81F3IN6O8P. The van der Waals surface area contributed by atoms with Crippen molar-refractivity contribution in [1.29, 1.82) is 0 Å². The minimum atomic E-state index is -3.04. The van der Waals surface area contributed by atoms with E-state index in [1.165, 1.54) is 55.8 Å². The topological polar surface area (TPSA) is 148 Å². The molecule has 6 aromatic carbocycles. The van der Waals surface area contributed by atoms with E-state index in [0.717, 1.165) is 83.3 Å². The Balaban J connectivity index is 0.00000107. The second-order valence-electron chi connectivity index (χ2n) is 20.1. The van der Waals surface area contributed by atoms with Crippen LogP contribution in [0.3, 0.4) is 0 Å². The van der Waals surface area contributed by atoms with Gasteiger partial charge in [0.1, 0.15) is 29.7 Å². The van der Waals surface area contributed by atoms with Crippen LogP contribution in [0.1, 0.15) is 116 Å². The Bertz CT molecular complexity index is 3050. The van der Waals surface area contributed by atoms with Crippen molar-refractivity contribution in [3.63, 3.8) is 0 Å². The number of aliphatic hydroxyl groups is 1. The van der Waals surface area contributed by atoms with Crippen molar-refractivity contribution in [2.24, 2.45) is 0 Å². The van der Waals surface area contributed by atoms with Crippen LogP contribution in [0.25, 0.3) is 14.5 Å². The van der Waals surface area contributed by atoms with Gasteiger partial charge in [0, 0.05) is 11.5 Å². The average Bonchev–Trinajstić information content (AvgIpc) is 2.78. The van der Waals surface area contributed by atoms with Crippen LogP contribution in [0.2, 0.25) is 0 Å². The smallest absolute Gasteiger partial charge is 0.521 e. The lowest BCUT2D eigenvalue weighted by Crippen LogP contribution is -2.28. The number of nitrogens with zero attached hydrogens (tertiary/aromatic N) is 6. The molecule has 0 bridgehead atoms. The maximum absolute atomic E-state index is 13.4. The van der Waals surface area contributed by atoms with Gasteiger partial charge in [0.2, 0.25) is 0 Å². The highest BCUT2D eigenvalue weighted by Gasteiger charge is 2.41. The molecule has 2 N–H and O–H groups in total. The van der Waals surface area contributed by atoms with E-state index in [1.807, 2.05) is 69.6 Å². The monoisotopic (exact) mass is 1280 g/mol. The van der Waals surface area contributed by atoms with Crippen LogP contribution in [0, 0.1) is 44.1 Å². The zero-order chi connectivity index (χ0) is 60.1. The summed E-state index contributed by atoms with van der Waals surface area (Å²) in [5.41, 5.74) is 9.14. The number of carbonyl (C=O) groups excluding carboxylic acids is 1. The molecule has 14 nitrogen and oxygen atoms in total. The number of fused-ring (bicyclic) bond motifs is 2. The van der Waals surface area contributed by atoms with Gasteiger partial charge in [0.25, 0.3) is 0 Å². The van der Waals surface area contributed by atoms with E-state index >= 15 is 0 Å². The van der Waals surface area contributed by atoms with Crippen molar-refractivity contribution < 1.29 is 53.4 Å². The molecule has 0 saturated heterocycles. The summed E-state index contributed by atoms with van der Waals surface area (Å²) in [6.07, 6.45) is 6.25. The van der Waals surface area contributed by atoms with Gasteiger partial charge in [-0.2, -0.15) is 0 Å². The summed E-state index contributed by atoms with van der Waals surface area (Å²) < 4.78 is 61.5. The number of hydrogen-bond acceptors (Lipinski definition) is 11. The fraction of sp³-hybridized carbons (Fsp3) is 0.375. The minimum Gasteiger partial charge on any atom is -0.565 e. The number of unbranched alkanes of at least 4 members (excludes halogenated alkanes) is 1. The Morgan fingerprint density at radius 1 is 0.711 bits per heavy atom. The maximum atomic E-state index is 13.4. The van der Waals surface area contributed by atoms with Gasteiger partial charge in [-0.05, 0) is 187 Å². The highest BCUT2D eigenvalue weighted by Crippen LogP contribution is 2.46. The van der Waals surface area contributed by atoms with Gasteiger partial charge in [-0.3, -0.25) is 0 Å². The molecule has 0 aromatic heterocycles. The Morgan fingerprint density at radius 3 is 1.66 bits per heavy atom. The molecular weight excluding hydrogens is 1200 g/mol. The summed E-state index contributed by atoms with van der Waals surface area (Å²) in [5.74, 6) is -0.967. The lowest BCUT2D eigenvalue weighted by molar-refractivity contribution is -0.244. The fourth-order valence-corrected chi connectivity index (χ4v) is 8.91. The van der Waals surface area contributed by atoms with E-state index in [9.17, 15) is 23.1 Å². The first-order valence-electron chi connectivity index (χ1n) is 26.2. The lowest BCUT2D eigenvalue weighted by atomic mass is 9.71. The third-order valence-electron chi connectivity index (χ3n) is 13.2. The molecule has 0 amide bonds. The third kappa shape index (κ3) is 24.4. The Hall–Kier alpha value is -6.44. The first-order valence-corrected chi connectivity index (χ1v) is 27.3. The molecule has 0 radical (unpaired) electrons. The Morgan fingerprint density at radius 2 is 1.18 bits per heavy atom. The molecule has 83 heavy (non-hydrogen) atoms. The molecule has 0 fully saturated rings. The van der Waals surface area contributed by atoms with E-state index in [0.29, 0.717) is 35.8 Å². The van der Waals surface area contributed by atoms with Crippen LogP contribution in [-0.4, -0.2) is 93.0 Å². The zero-order valence-electron chi connectivity index (χ0n) is 48.1. The van der Waals surface area contributed by atoms with Crippen LogP contribution in [0.5, 0.6) is 0 Å². The number of hydrogen-bond donors (Lipinski definition) is 2. The molecule has 0 saturated carbocycles. The number of aryl methyl sites for hydroxylation is 1. The molecule has 8 rings (SSSR count). The average molecular weight is 1280 g/mol. The number of rotatable bonds is 16. The second-order valence-corrected chi connectivity index (χ2v) is 20.7. The van der Waals surface area contributed by atoms with Gasteiger partial charge in [-0.15, -0.1) is 24.0 Å². The van der Waals surface area contributed by atoms with Gasteiger partial charge < -0.3 is 34.2 Å². The summed E-state index contributed by atoms with van der Waals surface area (Å²) in [4.78, 5) is 36.6. The van der Waals surface area contributed by atoms with Crippen molar-refractivity contribution in [2.45, 2.75) is 97.6 Å². The molecule has 0 spiro atoms. The van der Waals surface area contributed by atoms with E-state index in [1.54, 1.807) is 42.5 Å². The molecule has 3 atom stereocenters. The molecule has 2 heterocycles. The van der Waals surface area contributed by atoms with Crippen LogP contribution >= 0.6 is 32.2 Å². The van der Waals surface area contributed by atoms with Gasteiger partial charge >= 0.3 is 14.2 Å². The molecule has 0 aliphatic carbocycles. The predicted molar refractivity (Wildman–Crippen MR) is 334 cm³/mol. The number of benzene rings is 6. The number of carbonyl (C=O) groups is 1. The van der Waals surface area contributed by atoms with Crippen LogP contribution in [-0.2, 0) is 49.5 Å². The summed E-state index contributed by atoms with van der Waals surface area (Å²) in [5, 5.41) is 16.9. The van der Waals surface area contributed by atoms with Crippen molar-refractivity contribution in [3.05, 3.63) is 229 Å². The van der Waals surface area contributed by atoms with Gasteiger partial charge in [-0.1, -0.05) is 118 Å². The van der Waals surface area contributed by atoms with E-state index in [2.05, 4.69) is 75.9 Å². The van der Waals surface area contributed by atoms with Crippen LogP contribution in [0.4, 0.5) is 30.2 Å². The zero-order valence-corrected chi connectivity index (χ0v) is 51.4. The quantitative estimate of drug-likeness (QED) is 0.0238. The lowest BCUT2D eigenvalue weighted by Gasteiger charge is -2.33. The van der Waals surface area contributed by atoms with Crippen LogP contribution < -0.4 is 4.89 Å². The summed E-state index contributed by atoms with van der Waals surface area (Å²) in [6, 6.07) is 35.7. The fourth-order valence-electron chi connectivity index (χ4n) is 8.91. The highest BCUT2D eigenvalue weighted by atomic mass is 127. The first-order chi connectivity index (χ1) is 38.6. The van der Waals surface area contributed by atoms with E-state index < -0.39 is 13.9 Å². The third-order valence-corrected chi connectivity index (χ3v) is 13.3. The second kappa shape index (κ2) is 38.4. The predicted octanol–water partition coefficient (Wildman–Crippen LogP) is 15.4. The summed E-state index contributed by atoms with van der Waals surface area (Å²) in [7, 11) is 9.36. The molecule has 448 valence electrons. The number of cyclic esters (lactones) is 1. The standard InChI is InChI=1S/C21H25FN2O.C20H21FN2O.C9H5NO2.C7H7F.C6H15N.CH4.HI.HO4P.H2/c1-21(12-5-13-24(3)4,17-6-8-18(22)9-7-17)20-11-10-19(23-2)14-16(20)15-25;1-22-18-9-10-19-15(13-18)14-24-20(19,11-4-12-23(2)3)16-5-7-17(21)8-6-16;1-10-7-2-3-8-6(4-7)5-12-9(8)11;1-6-2-4-7(8)5-3-6;1-4-5-6-7(2)3;;;1-4-5(2)3;/h6-11,14,25H,5,12-13,15H2,1,3-4H3;5-10,13H,4,11-12,14H2,2-3H3;2-4H,5H2;2-5H,1H3;4-6H2,1-3H3;1H4;1H;1H;1H. The Labute approximate surface area is 509 Å². The molecule has 6 aromatic rings. The molecule has 2 aliphatic heterocycles. The highest BCUT2D eigenvalue weighted by molar-refractivity contribution is 14.0. The maximum Gasteiger partial charge on any atom is 0.521 e. The van der Waals surface area contributed by atoms with Gasteiger partial charge in [0.15, 0.2) is 17.1 Å². The normalized spacial score (nSPS) is 14.0. The molecule has 2 aliphatic rings. The number of ether oxygens (including phenoxy) is 2. The van der Waals surface area contributed by atoms with E-state index in [-0.39, 0.29) is 68.3 Å². The van der Waals surface area contributed by atoms with Crippen molar-refractivity contribution in [3.8, 4) is 0 Å². The van der Waals surface area contributed by atoms with Gasteiger partial charge in [0.05, 0.1) is 38.5 Å². The van der Waals surface area contributed by atoms with Crippen molar-refractivity contribution >= 4 is 55.3 Å². The summed E-state index contributed by atoms with van der Waals surface area (Å²) >= 11 is 0. The molecule has 19 heteroatoms. The first kappa shape index (κ1) is 74.6. The minimum absolute atomic E-state index is 0. The number of esters is 1. The summed E-state index contributed by atoms with van der Waals surface area (Å²) in [6.45, 7) is 31.2. The number of aliphatic hydroxyl groups excluding tert-OH is 1. The SMILES string of the molecule is C.CCCCN(C)C.Cc1ccc(F)cc1.I.O=[P+]([O-])OO.[C-]#[N+]c1ccc(C(C)(CCCN(C)C)c2ccc(F)cc2)c(CO)c1.[C-]#[N+]c1ccc2c(c1)COC2(CCCN(C)C)c1ccc(F)cc1.[C-]#[N+]c1ccc2c(c1)COC2=O.[HH]. The van der Waals surface area contributed by atoms with Crippen molar-refractivity contribution in [1.82, 2.24) is 14.7 Å². The Kier molecular flexibility index (Phi) is 34.5. The largest absolute Gasteiger partial charge is 0.565 e. The van der Waals surface area contributed by atoms with Crippen molar-refractivity contribution in [2.75, 3.05) is 61.9 Å². The number of halogens is 4. The van der Waals surface area contributed by atoms with Gasteiger partial charge in [-0.25, -0.2) is 37.8 Å². The molecule has 3 unspecified atom stereocenters.